The highest BCUT2D eigenvalue weighted by Gasteiger charge is 2.23. The zero-order valence-electron chi connectivity index (χ0n) is 14.1. The molecule has 1 aromatic heterocycles. The summed E-state index contributed by atoms with van der Waals surface area (Å²) in [5.74, 6) is -0.922. The minimum absolute atomic E-state index is 0.0806. The Kier molecular flexibility index (Phi) is 5.37. The number of ether oxygens (including phenoxy) is 1. The van der Waals surface area contributed by atoms with Gasteiger partial charge in [-0.3, -0.25) is 24.3 Å². The minimum Gasteiger partial charge on any atom is -0.494 e. The van der Waals surface area contributed by atoms with Crippen LogP contribution in [-0.2, 0) is 6.54 Å². The maximum absolute atomic E-state index is 12.5. The first-order valence-corrected chi connectivity index (χ1v) is 7.58. The lowest BCUT2D eigenvalue weighted by molar-refractivity contribution is -0.384. The second-order valence-corrected chi connectivity index (χ2v) is 5.32. The van der Waals surface area contributed by atoms with Crippen LogP contribution in [0.5, 0.6) is 11.6 Å². The molecule has 0 saturated heterocycles. The van der Waals surface area contributed by atoms with Gasteiger partial charge in [0.1, 0.15) is 17.4 Å². The molecule has 9 nitrogen and oxygen atoms in total. The van der Waals surface area contributed by atoms with Crippen LogP contribution in [0.1, 0.15) is 28.4 Å². The molecule has 0 amide bonds. The third-order valence-electron chi connectivity index (χ3n) is 3.81. The number of nitro benzene ring substituents is 1. The number of ketones is 1. The van der Waals surface area contributed by atoms with E-state index < -0.39 is 28.8 Å². The first kappa shape index (κ1) is 18.7. The van der Waals surface area contributed by atoms with Crippen molar-refractivity contribution in [2.75, 3.05) is 6.61 Å². The summed E-state index contributed by atoms with van der Waals surface area (Å²) in [5, 5.41) is 30.0. The smallest absolute Gasteiger partial charge is 0.271 e. The number of nitrogens with zero attached hydrogens (tertiary/aromatic N) is 3. The molecule has 1 N–H and O–H groups in total. The molecule has 2 aromatic rings. The third kappa shape index (κ3) is 3.39. The van der Waals surface area contributed by atoms with Crippen molar-refractivity contribution in [3.05, 3.63) is 61.4 Å². The van der Waals surface area contributed by atoms with Gasteiger partial charge < -0.3 is 9.84 Å². The Balaban J connectivity index is 2.31. The van der Waals surface area contributed by atoms with E-state index in [0.29, 0.717) is 0 Å². The van der Waals surface area contributed by atoms with Crippen LogP contribution in [0, 0.1) is 28.4 Å². The van der Waals surface area contributed by atoms with E-state index >= 15 is 0 Å². The first-order valence-electron chi connectivity index (χ1n) is 7.58. The summed E-state index contributed by atoms with van der Waals surface area (Å²) in [6, 6.07) is 6.89. The molecule has 134 valence electrons. The van der Waals surface area contributed by atoms with Crippen molar-refractivity contribution in [3.8, 4) is 17.7 Å². The van der Waals surface area contributed by atoms with Crippen molar-refractivity contribution in [2.24, 2.45) is 0 Å². The molecular weight excluding hydrogens is 342 g/mol. The van der Waals surface area contributed by atoms with E-state index in [1.165, 1.54) is 31.2 Å². The molecule has 9 heteroatoms. The fourth-order valence-electron chi connectivity index (χ4n) is 2.46. The van der Waals surface area contributed by atoms with Crippen molar-refractivity contribution in [1.82, 2.24) is 4.57 Å². The van der Waals surface area contributed by atoms with Gasteiger partial charge >= 0.3 is 0 Å². The SMILES string of the molecule is CCn1c(O)c(C(=O)COc2ccc([N+](=O)[O-])cc2)c(C)c(C#N)c1=O. The van der Waals surface area contributed by atoms with Crippen LogP contribution in [0.25, 0.3) is 0 Å². The van der Waals surface area contributed by atoms with Crippen molar-refractivity contribution in [3.63, 3.8) is 0 Å². The van der Waals surface area contributed by atoms with Gasteiger partial charge in [-0.25, -0.2) is 0 Å². The van der Waals surface area contributed by atoms with Crippen LogP contribution < -0.4 is 10.3 Å². The van der Waals surface area contributed by atoms with Crippen LogP contribution in [0.15, 0.2) is 29.1 Å². The number of rotatable bonds is 6. The summed E-state index contributed by atoms with van der Waals surface area (Å²) in [6.45, 7) is 2.61. The molecule has 0 unspecified atom stereocenters. The summed E-state index contributed by atoms with van der Waals surface area (Å²) >= 11 is 0. The number of aromatic nitrogens is 1. The van der Waals surface area contributed by atoms with Gasteiger partial charge in [0.25, 0.3) is 11.2 Å². The van der Waals surface area contributed by atoms with Crippen LogP contribution in [0.4, 0.5) is 5.69 Å². The van der Waals surface area contributed by atoms with E-state index in [1.807, 2.05) is 0 Å². The quantitative estimate of drug-likeness (QED) is 0.474. The molecule has 0 aliphatic carbocycles. The second kappa shape index (κ2) is 7.48. The predicted molar refractivity (Wildman–Crippen MR) is 90.4 cm³/mol. The molecule has 26 heavy (non-hydrogen) atoms. The van der Waals surface area contributed by atoms with Crippen molar-refractivity contribution >= 4 is 11.5 Å². The number of aromatic hydroxyl groups is 1. The second-order valence-electron chi connectivity index (χ2n) is 5.32. The molecule has 0 aliphatic heterocycles. The molecule has 0 radical (unpaired) electrons. The Morgan fingerprint density at radius 3 is 2.50 bits per heavy atom. The lowest BCUT2D eigenvalue weighted by atomic mass is 10.0. The number of pyridine rings is 1. The standard InChI is InChI=1S/C17H15N3O6/c1-3-19-16(22)13(8-18)10(2)15(17(19)23)14(21)9-26-12-6-4-11(5-7-12)20(24)25/h4-7,23H,3,9H2,1-2H3. The average molecular weight is 357 g/mol. The molecule has 0 atom stereocenters. The first-order chi connectivity index (χ1) is 12.3. The zero-order chi connectivity index (χ0) is 19.4. The Morgan fingerprint density at radius 2 is 2.00 bits per heavy atom. The normalized spacial score (nSPS) is 10.2. The highest BCUT2D eigenvalue weighted by atomic mass is 16.6. The van der Waals surface area contributed by atoms with E-state index in [0.717, 1.165) is 4.57 Å². The highest BCUT2D eigenvalue weighted by molar-refractivity contribution is 6.01. The maximum Gasteiger partial charge on any atom is 0.271 e. The van der Waals surface area contributed by atoms with Gasteiger partial charge in [0.15, 0.2) is 6.61 Å². The molecule has 1 heterocycles. The van der Waals surface area contributed by atoms with Gasteiger partial charge in [-0.1, -0.05) is 0 Å². The molecule has 0 bridgehead atoms. The largest absolute Gasteiger partial charge is 0.494 e. The number of benzene rings is 1. The number of carbonyl (C=O) groups excluding carboxylic acids is 1. The Morgan fingerprint density at radius 1 is 1.38 bits per heavy atom. The molecule has 0 spiro atoms. The van der Waals surface area contributed by atoms with Gasteiger partial charge in [0.2, 0.25) is 11.7 Å². The van der Waals surface area contributed by atoms with E-state index in [2.05, 4.69) is 0 Å². The van der Waals surface area contributed by atoms with E-state index in [-0.39, 0.29) is 34.7 Å². The highest BCUT2D eigenvalue weighted by Crippen LogP contribution is 2.23. The third-order valence-corrected chi connectivity index (χ3v) is 3.81. The Labute approximate surface area is 147 Å². The monoisotopic (exact) mass is 357 g/mol. The molecule has 1 aromatic carbocycles. The minimum atomic E-state index is -0.669. The Bertz CT molecular complexity index is 970. The van der Waals surface area contributed by atoms with E-state index in [4.69, 9.17) is 10.00 Å². The number of carbonyl (C=O) groups is 1. The van der Waals surface area contributed by atoms with Gasteiger partial charge in [-0.2, -0.15) is 5.26 Å². The average Bonchev–Trinajstić information content (AvgIpc) is 2.61. The number of hydrogen-bond acceptors (Lipinski definition) is 7. The predicted octanol–water partition coefficient (Wildman–Crippen LogP) is 1.92. The van der Waals surface area contributed by atoms with E-state index in [9.17, 15) is 24.8 Å². The van der Waals surface area contributed by atoms with Crippen LogP contribution in [0.2, 0.25) is 0 Å². The van der Waals surface area contributed by atoms with Crippen molar-refractivity contribution < 1.29 is 19.6 Å². The molecule has 0 aliphatic rings. The van der Waals surface area contributed by atoms with Gasteiger partial charge in [0, 0.05) is 18.7 Å². The fraction of sp³-hybridized carbons (Fsp3) is 0.235. The van der Waals surface area contributed by atoms with Crippen molar-refractivity contribution in [2.45, 2.75) is 20.4 Å². The fourth-order valence-corrected chi connectivity index (χ4v) is 2.46. The topological polar surface area (TPSA) is 135 Å². The molecular formula is C17H15N3O6. The van der Waals surface area contributed by atoms with Gasteiger partial charge in [-0.15, -0.1) is 0 Å². The lowest BCUT2D eigenvalue weighted by Gasteiger charge is -2.14. The summed E-state index contributed by atoms with van der Waals surface area (Å²) in [6.07, 6.45) is 0. The molecule has 2 rings (SSSR count). The molecule has 0 saturated carbocycles. The summed E-state index contributed by atoms with van der Waals surface area (Å²) < 4.78 is 6.23. The van der Waals surface area contributed by atoms with Crippen molar-refractivity contribution in [1.29, 1.82) is 5.26 Å². The van der Waals surface area contributed by atoms with Crippen LogP contribution in [0.3, 0.4) is 0 Å². The van der Waals surface area contributed by atoms with Gasteiger partial charge in [-0.05, 0) is 31.5 Å². The number of nitro groups is 1. The number of nitriles is 1. The lowest BCUT2D eigenvalue weighted by Crippen LogP contribution is -2.27. The molecule has 0 fully saturated rings. The van der Waals surface area contributed by atoms with Crippen LogP contribution >= 0.6 is 0 Å². The number of hydrogen-bond donors (Lipinski definition) is 1. The number of non-ortho nitro benzene ring substituents is 1. The zero-order valence-corrected chi connectivity index (χ0v) is 14.1. The Hall–Kier alpha value is -3.67. The van der Waals surface area contributed by atoms with E-state index in [1.54, 1.807) is 13.0 Å². The van der Waals surface area contributed by atoms with Crippen LogP contribution in [-0.4, -0.2) is 27.0 Å². The summed E-state index contributed by atoms with van der Waals surface area (Å²) in [7, 11) is 0. The maximum atomic E-state index is 12.5. The van der Waals surface area contributed by atoms with Gasteiger partial charge in [0.05, 0.1) is 10.5 Å². The summed E-state index contributed by atoms with van der Waals surface area (Å²) in [4.78, 5) is 34.6. The summed E-state index contributed by atoms with van der Waals surface area (Å²) in [5.41, 5.74) is -1.09. The number of Topliss-reactive ketones (excluding diaryl/α,β-unsaturated/α-hetero) is 1.